The zero-order valence-electron chi connectivity index (χ0n) is 23.0. The van der Waals surface area contributed by atoms with Crippen LogP contribution in [0.2, 0.25) is 0 Å². The van der Waals surface area contributed by atoms with E-state index in [9.17, 15) is 22.8 Å². The predicted octanol–water partition coefficient (Wildman–Crippen LogP) is 6.15. The number of nitriles is 1. The van der Waals surface area contributed by atoms with Gasteiger partial charge in [0.15, 0.2) is 10.8 Å². The normalized spacial score (nSPS) is 19.4. The highest BCUT2D eigenvalue weighted by Crippen LogP contribution is 2.48. The van der Waals surface area contributed by atoms with Crippen molar-refractivity contribution < 1.29 is 27.5 Å². The lowest BCUT2D eigenvalue weighted by Gasteiger charge is -2.43. The highest BCUT2D eigenvalue weighted by Gasteiger charge is 2.59. The van der Waals surface area contributed by atoms with Gasteiger partial charge in [0, 0.05) is 18.8 Å². The Balaban J connectivity index is 1.36. The van der Waals surface area contributed by atoms with Crippen molar-refractivity contribution in [1.82, 2.24) is 9.88 Å². The molecule has 12 heteroatoms. The minimum absolute atomic E-state index is 0.0766. The Morgan fingerprint density at radius 1 is 1.12 bits per heavy atom. The zero-order valence-corrected chi connectivity index (χ0v) is 23.8. The number of carbonyl (C=O) groups is 2. The number of anilines is 2. The first-order chi connectivity index (χ1) is 19.2. The van der Waals surface area contributed by atoms with Crippen molar-refractivity contribution in [3.63, 3.8) is 0 Å². The topological polar surface area (TPSA) is 89.8 Å². The maximum absolute atomic E-state index is 13.7. The fourth-order valence-electron chi connectivity index (χ4n) is 5.71. The molecule has 2 amide bonds. The van der Waals surface area contributed by atoms with E-state index in [-0.39, 0.29) is 22.8 Å². The highest BCUT2D eigenvalue weighted by molar-refractivity contribution is 7.81. The van der Waals surface area contributed by atoms with Crippen LogP contribution in [-0.4, -0.2) is 51.2 Å². The summed E-state index contributed by atoms with van der Waals surface area (Å²) in [6, 6.07) is 9.96. The number of ether oxygens (including phenoxy) is 1. The maximum atomic E-state index is 13.7. The van der Waals surface area contributed by atoms with Gasteiger partial charge in [-0.3, -0.25) is 9.69 Å². The first kappa shape index (κ1) is 28.8. The molecule has 1 aliphatic carbocycles. The van der Waals surface area contributed by atoms with Gasteiger partial charge in [-0.2, -0.15) is 18.4 Å². The van der Waals surface area contributed by atoms with Crippen LogP contribution in [0.5, 0.6) is 0 Å². The third-order valence-corrected chi connectivity index (χ3v) is 8.27. The number of halogens is 3. The molecular formula is C29H30F3N5O3S. The van der Waals surface area contributed by atoms with Crippen LogP contribution in [0.3, 0.4) is 0 Å². The standard InChI is InChI=1S/C29H30F3N5O3S/c1-27(2,3)40-26(39)35-13-9-19(10-14-35)18-5-7-20(8-6-18)37-25(41)36(24(38)28(37)11-4-12-28)21-15-22(29(30,31)32)23(16-33)34-17-21/h5-8,15,17,19H,4,9-14H2,1-3H3. The number of piperidine rings is 1. The van der Waals surface area contributed by atoms with Crippen molar-refractivity contribution in [2.45, 2.75) is 76.1 Å². The molecule has 41 heavy (non-hydrogen) atoms. The van der Waals surface area contributed by atoms with Crippen molar-refractivity contribution in [2.24, 2.45) is 0 Å². The second-order valence-electron chi connectivity index (χ2n) is 11.7. The molecule has 3 heterocycles. The summed E-state index contributed by atoms with van der Waals surface area (Å²) in [5.74, 6) is -0.151. The summed E-state index contributed by atoms with van der Waals surface area (Å²) in [4.78, 5) is 34.4. The van der Waals surface area contributed by atoms with Gasteiger partial charge in [-0.1, -0.05) is 12.1 Å². The number of likely N-dealkylation sites (tertiary alicyclic amines) is 1. The molecule has 2 aliphatic heterocycles. The van der Waals surface area contributed by atoms with Gasteiger partial charge in [-0.05, 0) is 94.8 Å². The summed E-state index contributed by atoms with van der Waals surface area (Å²) >= 11 is 5.69. The van der Waals surface area contributed by atoms with Crippen LogP contribution in [0.15, 0.2) is 36.5 Å². The molecule has 1 spiro atoms. The van der Waals surface area contributed by atoms with E-state index in [4.69, 9.17) is 22.2 Å². The van der Waals surface area contributed by atoms with Crippen LogP contribution >= 0.6 is 12.2 Å². The Hall–Kier alpha value is -3.72. The lowest BCUT2D eigenvalue weighted by Crippen LogP contribution is -2.55. The Kier molecular flexibility index (Phi) is 7.22. The lowest BCUT2D eigenvalue weighted by atomic mass is 9.75. The van der Waals surface area contributed by atoms with Crippen molar-refractivity contribution in [3.8, 4) is 6.07 Å². The van der Waals surface area contributed by atoms with Crippen LogP contribution in [0.25, 0.3) is 0 Å². The Morgan fingerprint density at radius 2 is 1.76 bits per heavy atom. The van der Waals surface area contributed by atoms with Gasteiger partial charge >= 0.3 is 12.3 Å². The summed E-state index contributed by atoms with van der Waals surface area (Å²) in [7, 11) is 0. The average molecular weight is 586 g/mol. The number of hydrogen-bond donors (Lipinski definition) is 0. The molecule has 5 rings (SSSR count). The molecule has 0 bridgehead atoms. The fraction of sp³-hybridized carbons (Fsp3) is 0.483. The molecule has 0 radical (unpaired) electrons. The fourth-order valence-corrected chi connectivity index (χ4v) is 6.18. The van der Waals surface area contributed by atoms with Crippen molar-refractivity contribution in [3.05, 3.63) is 53.3 Å². The van der Waals surface area contributed by atoms with E-state index in [1.807, 2.05) is 45.0 Å². The lowest BCUT2D eigenvalue weighted by molar-refractivity contribution is -0.138. The second-order valence-corrected chi connectivity index (χ2v) is 12.0. The smallest absolute Gasteiger partial charge is 0.419 e. The molecule has 216 valence electrons. The Bertz CT molecular complexity index is 1420. The molecule has 0 atom stereocenters. The van der Waals surface area contributed by atoms with E-state index >= 15 is 0 Å². The molecule has 0 N–H and O–H groups in total. The maximum Gasteiger partial charge on any atom is 0.419 e. The monoisotopic (exact) mass is 585 g/mol. The van der Waals surface area contributed by atoms with Gasteiger partial charge in [-0.25, -0.2) is 9.78 Å². The van der Waals surface area contributed by atoms with Crippen molar-refractivity contribution in [1.29, 1.82) is 5.26 Å². The molecular weight excluding hydrogens is 555 g/mol. The van der Waals surface area contributed by atoms with Crippen molar-refractivity contribution in [2.75, 3.05) is 22.9 Å². The number of hydrogen-bond acceptors (Lipinski definition) is 6. The minimum atomic E-state index is -4.81. The number of amides is 2. The van der Waals surface area contributed by atoms with Gasteiger partial charge in [-0.15, -0.1) is 0 Å². The summed E-state index contributed by atoms with van der Waals surface area (Å²) in [5.41, 5.74) is -1.83. The number of thiocarbonyl (C=S) groups is 1. The SMILES string of the molecule is CC(C)(C)OC(=O)N1CCC(c2ccc(N3C(=S)N(c4cnc(C#N)c(C(F)(F)F)c4)C(=O)C34CCC4)cc2)CC1. The van der Waals surface area contributed by atoms with E-state index < -0.39 is 34.5 Å². The third-order valence-electron chi connectivity index (χ3n) is 7.90. The van der Waals surface area contributed by atoms with Crippen LogP contribution in [0.4, 0.5) is 29.3 Å². The van der Waals surface area contributed by atoms with E-state index in [0.717, 1.165) is 42.0 Å². The second kappa shape index (κ2) is 10.3. The molecule has 2 aromatic rings. The van der Waals surface area contributed by atoms with Crippen LogP contribution in [0, 0.1) is 11.3 Å². The Morgan fingerprint density at radius 3 is 2.27 bits per heavy atom. The number of pyridine rings is 1. The number of carbonyl (C=O) groups excluding carboxylic acids is 2. The molecule has 0 unspecified atom stereocenters. The molecule has 3 fully saturated rings. The molecule has 2 saturated heterocycles. The predicted molar refractivity (Wildman–Crippen MR) is 149 cm³/mol. The van der Waals surface area contributed by atoms with Crippen LogP contribution in [-0.2, 0) is 15.7 Å². The van der Waals surface area contributed by atoms with Gasteiger partial charge in [0.1, 0.15) is 17.2 Å². The van der Waals surface area contributed by atoms with Gasteiger partial charge < -0.3 is 14.5 Å². The summed E-state index contributed by atoms with van der Waals surface area (Å²) in [6.45, 7) is 6.69. The van der Waals surface area contributed by atoms with E-state index in [0.29, 0.717) is 31.6 Å². The van der Waals surface area contributed by atoms with E-state index in [1.54, 1.807) is 9.80 Å². The van der Waals surface area contributed by atoms with Gasteiger partial charge in [0.05, 0.1) is 17.4 Å². The molecule has 8 nitrogen and oxygen atoms in total. The van der Waals surface area contributed by atoms with E-state index in [1.165, 1.54) is 6.07 Å². The third kappa shape index (κ3) is 5.23. The number of benzene rings is 1. The van der Waals surface area contributed by atoms with Crippen molar-refractivity contribution >= 4 is 40.7 Å². The summed E-state index contributed by atoms with van der Waals surface area (Å²) < 4.78 is 46.3. The van der Waals surface area contributed by atoms with Crippen LogP contribution < -0.4 is 9.80 Å². The summed E-state index contributed by atoms with van der Waals surface area (Å²) in [6.07, 6.45) is -0.660. The molecule has 1 aromatic heterocycles. The molecule has 3 aliphatic rings. The van der Waals surface area contributed by atoms with E-state index in [2.05, 4.69) is 4.98 Å². The van der Waals surface area contributed by atoms with Gasteiger partial charge in [0.25, 0.3) is 5.91 Å². The zero-order chi connectivity index (χ0) is 29.7. The number of aromatic nitrogens is 1. The van der Waals surface area contributed by atoms with Gasteiger partial charge in [0.2, 0.25) is 0 Å². The van der Waals surface area contributed by atoms with Crippen LogP contribution in [0.1, 0.15) is 75.6 Å². The minimum Gasteiger partial charge on any atom is -0.444 e. The average Bonchev–Trinajstić information content (AvgIpc) is 3.13. The number of rotatable bonds is 3. The number of alkyl halides is 3. The largest absolute Gasteiger partial charge is 0.444 e. The summed E-state index contributed by atoms with van der Waals surface area (Å²) in [5, 5.41) is 9.18. The Labute approximate surface area is 241 Å². The molecule has 1 aromatic carbocycles. The quantitative estimate of drug-likeness (QED) is 0.400. The first-order valence-corrected chi connectivity index (χ1v) is 13.9. The number of nitrogens with zero attached hydrogens (tertiary/aromatic N) is 5. The highest BCUT2D eigenvalue weighted by atomic mass is 32.1. The molecule has 1 saturated carbocycles. The first-order valence-electron chi connectivity index (χ1n) is 13.5.